The number of amides is 1. The third kappa shape index (κ3) is 4.32. The first-order valence-electron chi connectivity index (χ1n) is 9.16. The van der Waals surface area contributed by atoms with Crippen molar-refractivity contribution in [2.75, 3.05) is 0 Å². The number of carbonyl (C=O) groups excluding carboxylic acids is 1. The number of nitrogens with zero attached hydrogens (tertiary/aromatic N) is 3. The highest BCUT2D eigenvalue weighted by atomic mass is 35.5. The zero-order valence-electron chi connectivity index (χ0n) is 15.7. The van der Waals surface area contributed by atoms with Crippen LogP contribution in [0, 0.1) is 12.7 Å². The summed E-state index contributed by atoms with van der Waals surface area (Å²) in [4.78, 5) is 25.6. The van der Waals surface area contributed by atoms with Crippen LogP contribution in [0.5, 0.6) is 0 Å². The van der Waals surface area contributed by atoms with Crippen LogP contribution in [0.1, 0.15) is 33.6 Å². The summed E-state index contributed by atoms with van der Waals surface area (Å²) in [5.74, 6) is -0.644. The molecule has 29 heavy (non-hydrogen) atoms. The molecule has 7 heteroatoms. The number of aryl methyl sites for hydroxylation is 1. The minimum absolute atomic E-state index is 0.0391. The number of nitrogens with one attached hydrogen (secondary N) is 1. The third-order valence-corrected chi connectivity index (χ3v) is 4.98. The summed E-state index contributed by atoms with van der Waals surface area (Å²) in [5, 5.41) is 2.85. The number of rotatable bonds is 5. The molecule has 5 nitrogen and oxygen atoms in total. The summed E-state index contributed by atoms with van der Waals surface area (Å²) in [6, 6.07) is 10.2. The van der Waals surface area contributed by atoms with Crippen LogP contribution in [-0.4, -0.2) is 21.6 Å². The molecule has 1 amide bonds. The van der Waals surface area contributed by atoms with Gasteiger partial charge in [0.2, 0.25) is 5.91 Å². The summed E-state index contributed by atoms with van der Waals surface area (Å²) >= 11 is 5.77. The van der Waals surface area contributed by atoms with Gasteiger partial charge in [0, 0.05) is 35.8 Å². The van der Waals surface area contributed by atoms with Gasteiger partial charge in [-0.1, -0.05) is 17.7 Å². The van der Waals surface area contributed by atoms with Gasteiger partial charge in [0.25, 0.3) is 0 Å². The quantitative estimate of drug-likeness (QED) is 0.698. The second kappa shape index (κ2) is 8.09. The van der Waals surface area contributed by atoms with Crippen LogP contribution in [0.3, 0.4) is 0 Å². The van der Waals surface area contributed by atoms with Gasteiger partial charge in [-0.15, -0.1) is 0 Å². The third-order valence-electron chi connectivity index (χ3n) is 4.69. The molecule has 3 aromatic rings. The van der Waals surface area contributed by atoms with Crippen molar-refractivity contribution in [3.05, 3.63) is 93.3 Å². The lowest BCUT2D eigenvalue weighted by atomic mass is 10.0. The number of carbonyl (C=O) groups is 1. The Morgan fingerprint density at radius 3 is 2.86 bits per heavy atom. The molecule has 0 aliphatic carbocycles. The minimum Gasteiger partial charge on any atom is -0.352 e. The molecule has 1 aromatic carbocycles. The van der Waals surface area contributed by atoms with Crippen molar-refractivity contribution in [2.45, 2.75) is 26.4 Å². The molecule has 0 atom stereocenters. The van der Waals surface area contributed by atoms with Crippen LogP contribution in [0.15, 0.2) is 53.8 Å². The standard InChI is InChI=1S/C22H18ClFN4O/c1-13-6-15(4-5-25-13)22-18-12-26-17(8-16(18)11-28-22)9-21(29)27-10-14-2-3-20(24)19(23)7-14/h2-8,12H,9-11H2,1H3,(H,27,29). The SMILES string of the molecule is Cc1cc(C2=NCc3cc(CC(=O)NCc4ccc(F)c(Cl)c4)ncc32)ccn1. The van der Waals surface area contributed by atoms with Gasteiger partial charge >= 0.3 is 0 Å². The van der Waals surface area contributed by atoms with Crippen molar-refractivity contribution in [2.24, 2.45) is 4.99 Å². The van der Waals surface area contributed by atoms with Crippen LogP contribution in [0.2, 0.25) is 5.02 Å². The zero-order valence-corrected chi connectivity index (χ0v) is 16.5. The smallest absolute Gasteiger partial charge is 0.226 e. The first-order valence-corrected chi connectivity index (χ1v) is 9.53. The maximum Gasteiger partial charge on any atom is 0.226 e. The molecular weight excluding hydrogens is 391 g/mol. The molecule has 1 aliphatic heterocycles. The molecule has 0 bridgehead atoms. The molecular formula is C22H18ClFN4O. The normalized spacial score (nSPS) is 12.4. The number of hydrogen-bond donors (Lipinski definition) is 1. The maximum atomic E-state index is 13.2. The summed E-state index contributed by atoms with van der Waals surface area (Å²) in [5.41, 5.74) is 6.31. The fourth-order valence-electron chi connectivity index (χ4n) is 3.25. The molecule has 0 saturated heterocycles. The predicted octanol–water partition coefficient (Wildman–Crippen LogP) is 3.79. The molecule has 0 radical (unpaired) electrons. The molecule has 0 unspecified atom stereocenters. The lowest BCUT2D eigenvalue weighted by Gasteiger charge is -2.08. The van der Waals surface area contributed by atoms with Crippen molar-refractivity contribution >= 4 is 23.2 Å². The Bertz CT molecular complexity index is 1130. The second-order valence-corrected chi connectivity index (χ2v) is 7.29. The number of benzene rings is 1. The Labute approximate surface area is 172 Å². The summed E-state index contributed by atoms with van der Waals surface area (Å²) < 4.78 is 13.2. The highest BCUT2D eigenvalue weighted by Crippen LogP contribution is 2.23. The number of aromatic nitrogens is 2. The van der Waals surface area contributed by atoms with E-state index in [9.17, 15) is 9.18 Å². The van der Waals surface area contributed by atoms with Gasteiger partial charge in [-0.3, -0.25) is 19.8 Å². The number of hydrogen-bond acceptors (Lipinski definition) is 4. The van der Waals surface area contributed by atoms with Gasteiger partial charge in [0.1, 0.15) is 5.82 Å². The Hall–Kier alpha value is -3.12. The monoisotopic (exact) mass is 408 g/mol. The molecule has 0 fully saturated rings. The van der Waals surface area contributed by atoms with Gasteiger partial charge in [0.15, 0.2) is 0 Å². The lowest BCUT2D eigenvalue weighted by Crippen LogP contribution is -2.25. The first-order chi connectivity index (χ1) is 14.0. The molecule has 1 N–H and O–H groups in total. The van der Waals surface area contributed by atoms with Crippen molar-refractivity contribution in [3.8, 4) is 0 Å². The van der Waals surface area contributed by atoms with Crippen molar-refractivity contribution in [1.82, 2.24) is 15.3 Å². The average Bonchev–Trinajstić information content (AvgIpc) is 3.12. The molecule has 3 heterocycles. The zero-order chi connectivity index (χ0) is 20.4. The fraction of sp³-hybridized carbons (Fsp3) is 0.182. The lowest BCUT2D eigenvalue weighted by molar-refractivity contribution is -0.120. The molecule has 146 valence electrons. The van der Waals surface area contributed by atoms with E-state index in [0.717, 1.165) is 33.7 Å². The Morgan fingerprint density at radius 1 is 1.21 bits per heavy atom. The van der Waals surface area contributed by atoms with E-state index in [4.69, 9.17) is 11.6 Å². The van der Waals surface area contributed by atoms with Crippen LogP contribution in [-0.2, 0) is 24.3 Å². The van der Waals surface area contributed by atoms with Crippen LogP contribution >= 0.6 is 11.6 Å². The Kier molecular flexibility index (Phi) is 5.36. The van der Waals surface area contributed by atoms with E-state index in [1.165, 1.54) is 12.1 Å². The maximum absolute atomic E-state index is 13.2. The number of halogens is 2. The largest absolute Gasteiger partial charge is 0.352 e. The van der Waals surface area contributed by atoms with E-state index in [-0.39, 0.29) is 23.9 Å². The number of fused-ring (bicyclic) bond motifs is 1. The van der Waals surface area contributed by atoms with E-state index >= 15 is 0 Å². The van der Waals surface area contributed by atoms with Gasteiger partial charge in [-0.2, -0.15) is 0 Å². The molecule has 1 aliphatic rings. The number of aliphatic imine (C=N–C) groups is 1. The number of pyridine rings is 2. The highest BCUT2D eigenvalue weighted by molar-refractivity contribution is 6.30. The fourth-order valence-corrected chi connectivity index (χ4v) is 3.46. The topological polar surface area (TPSA) is 67.2 Å². The van der Waals surface area contributed by atoms with Crippen molar-refractivity contribution in [3.63, 3.8) is 0 Å². The van der Waals surface area contributed by atoms with Gasteiger partial charge in [0.05, 0.1) is 29.4 Å². The molecule has 2 aromatic heterocycles. The molecule has 0 spiro atoms. The van der Waals surface area contributed by atoms with Crippen molar-refractivity contribution < 1.29 is 9.18 Å². The Morgan fingerprint density at radius 2 is 2.07 bits per heavy atom. The van der Waals surface area contributed by atoms with Gasteiger partial charge < -0.3 is 5.32 Å². The molecule has 4 rings (SSSR count). The summed E-state index contributed by atoms with van der Waals surface area (Å²) in [6.07, 6.45) is 3.71. The van der Waals surface area contributed by atoms with Crippen molar-refractivity contribution in [1.29, 1.82) is 0 Å². The van der Waals surface area contributed by atoms with E-state index in [1.54, 1.807) is 18.5 Å². The Balaban J connectivity index is 1.41. The summed E-state index contributed by atoms with van der Waals surface area (Å²) in [6.45, 7) is 2.79. The van der Waals surface area contributed by atoms with Crippen LogP contribution in [0.4, 0.5) is 4.39 Å². The van der Waals surface area contributed by atoms with Gasteiger partial charge in [-0.25, -0.2) is 4.39 Å². The van der Waals surface area contributed by atoms with E-state index in [2.05, 4.69) is 20.3 Å². The van der Waals surface area contributed by atoms with E-state index in [1.807, 2.05) is 25.1 Å². The second-order valence-electron chi connectivity index (χ2n) is 6.89. The minimum atomic E-state index is -0.479. The van der Waals surface area contributed by atoms with Gasteiger partial charge in [-0.05, 0) is 48.4 Å². The van der Waals surface area contributed by atoms with Crippen LogP contribution < -0.4 is 5.32 Å². The van der Waals surface area contributed by atoms with E-state index in [0.29, 0.717) is 12.2 Å². The first kappa shape index (κ1) is 19.2. The van der Waals surface area contributed by atoms with E-state index < -0.39 is 5.82 Å². The highest BCUT2D eigenvalue weighted by Gasteiger charge is 2.19. The summed E-state index contributed by atoms with van der Waals surface area (Å²) in [7, 11) is 0. The predicted molar refractivity (Wildman–Crippen MR) is 110 cm³/mol. The molecule has 0 saturated carbocycles. The average molecular weight is 409 g/mol. The van der Waals surface area contributed by atoms with Crippen LogP contribution in [0.25, 0.3) is 0 Å².